The van der Waals surface area contributed by atoms with Gasteiger partial charge in [0.05, 0.1) is 12.6 Å². The average molecular weight is 216 g/mol. The smallest absolute Gasteiger partial charge is 0.237 e. The van der Waals surface area contributed by atoms with Gasteiger partial charge in [-0.2, -0.15) is 0 Å². The predicted octanol–water partition coefficient (Wildman–Crippen LogP) is 0.602. The maximum absolute atomic E-state index is 11.7. The molecule has 0 heterocycles. The van der Waals surface area contributed by atoms with E-state index >= 15 is 0 Å². The molecule has 0 aromatic carbocycles. The summed E-state index contributed by atoms with van der Waals surface area (Å²) in [5.74, 6) is 0.0205. The number of rotatable bonds is 6. The van der Waals surface area contributed by atoms with Crippen LogP contribution in [0.4, 0.5) is 0 Å². The molecule has 15 heavy (non-hydrogen) atoms. The van der Waals surface area contributed by atoms with Crippen molar-refractivity contribution in [3.63, 3.8) is 0 Å². The Hall–Kier alpha value is -0.610. The van der Waals surface area contributed by atoms with Crippen LogP contribution in [0.15, 0.2) is 0 Å². The fourth-order valence-electron chi connectivity index (χ4n) is 1.57. The molecule has 1 atom stereocenters. The van der Waals surface area contributed by atoms with Gasteiger partial charge in [0.2, 0.25) is 5.91 Å². The van der Waals surface area contributed by atoms with Crippen LogP contribution in [0.3, 0.4) is 0 Å². The lowest BCUT2D eigenvalue weighted by molar-refractivity contribution is -0.127. The molecule has 0 bridgehead atoms. The molecule has 0 aromatic heterocycles. The number of aliphatic hydroxyl groups is 1. The molecule has 0 aromatic rings. The number of carbonyl (C=O) groups is 1. The summed E-state index contributed by atoms with van der Waals surface area (Å²) in [6.45, 7) is 10.4. The molecule has 0 radical (unpaired) electrons. The normalized spacial score (nSPS) is 13.7. The minimum absolute atomic E-state index is 0.0205. The lowest BCUT2D eigenvalue weighted by Crippen LogP contribution is -2.50. The van der Waals surface area contributed by atoms with E-state index in [4.69, 9.17) is 5.11 Å². The average Bonchev–Trinajstić information content (AvgIpc) is 2.11. The maximum Gasteiger partial charge on any atom is 0.237 e. The quantitative estimate of drug-likeness (QED) is 0.683. The van der Waals surface area contributed by atoms with Crippen LogP contribution < -0.4 is 5.32 Å². The number of carbonyl (C=O) groups excluding carboxylic acids is 1. The zero-order valence-corrected chi connectivity index (χ0v) is 10.4. The Balaban J connectivity index is 4.35. The molecule has 0 fully saturated rings. The van der Waals surface area contributed by atoms with Gasteiger partial charge in [0, 0.05) is 18.6 Å². The van der Waals surface area contributed by atoms with E-state index < -0.39 is 0 Å². The van der Waals surface area contributed by atoms with Crippen LogP contribution in [0.1, 0.15) is 34.6 Å². The van der Waals surface area contributed by atoms with E-state index in [1.165, 1.54) is 0 Å². The Kier molecular flexibility index (Phi) is 6.52. The summed E-state index contributed by atoms with van der Waals surface area (Å²) in [6, 6.07) is 0.215. The van der Waals surface area contributed by atoms with Crippen molar-refractivity contribution in [1.29, 1.82) is 0 Å². The van der Waals surface area contributed by atoms with E-state index in [9.17, 15) is 4.79 Å². The summed E-state index contributed by atoms with van der Waals surface area (Å²) in [6.07, 6.45) is 0. The molecule has 4 nitrogen and oxygen atoms in total. The van der Waals surface area contributed by atoms with Crippen molar-refractivity contribution in [2.45, 2.75) is 52.7 Å². The first kappa shape index (κ1) is 14.4. The topological polar surface area (TPSA) is 52.6 Å². The van der Waals surface area contributed by atoms with Crippen LogP contribution >= 0.6 is 0 Å². The Morgan fingerprint density at radius 1 is 1.27 bits per heavy atom. The SMILES string of the molecule is CC(C)NC(=O)C(C)N(CCO)C(C)C. The van der Waals surface area contributed by atoms with Gasteiger partial charge in [0.15, 0.2) is 0 Å². The van der Waals surface area contributed by atoms with Crippen molar-refractivity contribution in [2.75, 3.05) is 13.2 Å². The highest BCUT2D eigenvalue weighted by atomic mass is 16.3. The third-order valence-electron chi connectivity index (χ3n) is 2.33. The standard InChI is InChI=1S/C11H24N2O2/c1-8(2)12-11(15)10(5)13(6-7-14)9(3)4/h8-10,14H,6-7H2,1-5H3,(H,12,15). The molecule has 0 aliphatic heterocycles. The van der Waals surface area contributed by atoms with Gasteiger partial charge in [-0.15, -0.1) is 0 Å². The fraction of sp³-hybridized carbons (Fsp3) is 0.909. The zero-order chi connectivity index (χ0) is 12.0. The molecular weight excluding hydrogens is 192 g/mol. The molecule has 90 valence electrons. The zero-order valence-electron chi connectivity index (χ0n) is 10.4. The van der Waals surface area contributed by atoms with Gasteiger partial charge in [0.25, 0.3) is 0 Å². The molecule has 0 saturated carbocycles. The number of nitrogens with zero attached hydrogens (tertiary/aromatic N) is 1. The van der Waals surface area contributed by atoms with Crippen LogP contribution in [-0.2, 0) is 4.79 Å². The largest absolute Gasteiger partial charge is 0.395 e. The Morgan fingerprint density at radius 2 is 1.80 bits per heavy atom. The van der Waals surface area contributed by atoms with Crippen LogP contribution in [0, 0.1) is 0 Å². The second-order valence-electron chi connectivity index (χ2n) is 4.39. The van der Waals surface area contributed by atoms with E-state index in [0.717, 1.165) is 0 Å². The highest BCUT2D eigenvalue weighted by Crippen LogP contribution is 2.05. The van der Waals surface area contributed by atoms with Crippen molar-refractivity contribution in [1.82, 2.24) is 10.2 Å². The summed E-state index contributed by atoms with van der Waals surface area (Å²) >= 11 is 0. The summed E-state index contributed by atoms with van der Waals surface area (Å²) in [4.78, 5) is 13.7. The first-order valence-electron chi connectivity index (χ1n) is 5.57. The lowest BCUT2D eigenvalue weighted by Gasteiger charge is -2.31. The van der Waals surface area contributed by atoms with E-state index in [1.807, 2.05) is 39.5 Å². The van der Waals surface area contributed by atoms with Gasteiger partial charge in [-0.3, -0.25) is 9.69 Å². The minimum Gasteiger partial charge on any atom is -0.395 e. The first-order chi connectivity index (χ1) is 6.90. The summed E-state index contributed by atoms with van der Waals surface area (Å²) in [5, 5.41) is 11.8. The molecule has 0 spiro atoms. The lowest BCUT2D eigenvalue weighted by atomic mass is 10.2. The molecule has 4 heteroatoms. The van der Waals surface area contributed by atoms with Crippen LogP contribution in [0.5, 0.6) is 0 Å². The van der Waals surface area contributed by atoms with Gasteiger partial charge in [0.1, 0.15) is 0 Å². The Labute approximate surface area is 92.7 Å². The van der Waals surface area contributed by atoms with Gasteiger partial charge >= 0.3 is 0 Å². The fourth-order valence-corrected chi connectivity index (χ4v) is 1.57. The molecule has 0 aliphatic rings. The summed E-state index contributed by atoms with van der Waals surface area (Å²) in [7, 11) is 0. The summed E-state index contributed by atoms with van der Waals surface area (Å²) in [5.41, 5.74) is 0. The third kappa shape index (κ3) is 5.14. The predicted molar refractivity (Wildman–Crippen MR) is 61.7 cm³/mol. The molecule has 1 amide bonds. The van der Waals surface area contributed by atoms with Gasteiger partial charge < -0.3 is 10.4 Å². The minimum atomic E-state index is -0.195. The molecule has 0 rings (SSSR count). The second-order valence-corrected chi connectivity index (χ2v) is 4.39. The molecular formula is C11H24N2O2. The number of nitrogens with one attached hydrogen (secondary N) is 1. The number of hydrogen-bond donors (Lipinski definition) is 2. The Bertz CT molecular complexity index is 193. The van der Waals surface area contributed by atoms with E-state index in [1.54, 1.807) is 0 Å². The van der Waals surface area contributed by atoms with Gasteiger partial charge in [-0.05, 0) is 34.6 Å². The number of aliphatic hydroxyl groups excluding tert-OH is 1. The van der Waals surface area contributed by atoms with Gasteiger partial charge in [-0.1, -0.05) is 0 Å². The molecule has 0 saturated heterocycles. The maximum atomic E-state index is 11.7. The Morgan fingerprint density at radius 3 is 2.13 bits per heavy atom. The first-order valence-corrected chi connectivity index (χ1v) is 5.57. The van der Waals surface area contributed by atoms with Crippen LogP contribution in [-0.4, -0.2) is 47.2 Å². The second kappa shape index (κ2) is 6.80. The van der Waals surface area contributed by atoms with E-state index in [2.05, 4.69) is 5.32 Å². The summed E-state index contributed by atoms with van der Waals surface area (Å²) < 4.78 is 0. The highest BCUT2D eigenvalue weighted by Gasteiger charge is 2.23. The van der Waals surface area contributed by atoms with Crippen molar-refractivity contribution in [3.05, 3.63) is 0 Å². The number of amides is 1. The van der Waals surface area contributed by atoms with Crippen molar-refractivity contribution in [2.24, 2.45) is 0 Å². The van der Waals surface area contributed by atoms with E-state index in [-0.39, 0.29) is 30.6 Å². The van der Waals surface area contributed by atoms with Crippen molar-refractivity contribution >= 4 is 5.91 Å². The van der Waals surface area contributed by atoms with Gasteiger partial charge in [-0.25, -0.2) is 0 Å². The van der Waals surface area contributed by atoms with E-state index in [0.29, 0.717) is 6.54 Å². The third-order valence-corrected chi connectivity index (χ3v) is 2.33. The molecule has 1 unspecified atom stereocenters. The number of hydrogen-bond acceptors (Lipinski definition) is 3. The molecule has 2 N–H and O–H groups in total. The monoisotopic (exact) mass is 216 g/mol. The highest BCUT2D eigenvalue weighted by molar-refractivity contribution is 5.81. The van der Waals surface area contributed by atoms with Crippen molar-refractivity contribution < 1.29 is 9.90 Å². The molecule has 0 aliphatic carbocycles. The van der Waals surface area contributed by atoms with Crippen LogP contribution in [0.2, 0.25) is 0 Å². The van der Waals surface area contributed by atoms with Crippen LogP contribution in [0.25, 0.3) is 0 Å². The van der Waals surface area contributed by atoms with Crippen molar-refractivity contribution in [3.8, 4) is 0 Å².